The molecule has 2 aliphatic rings. The average Bonchev–Trinajstić information content (AvgIpc) is 3.08. The number of urea groups is 1. The van der Waals surface area contributed by atoms with Crippen LogP contribution in [0.15, 0.2) is 24.3 Å². The normalized spacial score (nSPS) is 17.7. The van der Waals surface area contributed by atoms with Crippen molar-refractivity contribution in [2.45, 2.75) is 78.2 Å². The van der Waals surface area contributed by atoms with Gasteiger partial charge in [0, 0.05) is 49.9 Å². The van der Waals surface area contributed by atoms with E-state index < -0.39 is 0 Å². The fraction of sp³-hybridized carbons (Fsp3) is 0.593. The number of nitrogens with zero attached hydrogens (tertiary/aromatic N) is 4. The smallest absolute Gasteiger partial charge is 0.317 e. The number of hydrogen-bond acceptors (Lipinski definition) is 4. The number of rotatable bonds is 5. The van der Waals surface area contributed by atoms with Crippen LogP contribution in [0.25, 0.3) is 0 Å². The summed E-state index contributed by atoms with van der Waals surface area (Å²) < 4.78 is 0. The Hall–Kier alpha value is -2.63. The van der Waals surface area contributed by atoms with Crippen molar-refractivity contribution in [3.63, 3.8) is 0 Å². The molecule has 0 bridgehead atoms. The molecule has 6 nitrogen and oxygen atoms in total. The van der Waals surface area contributed by atoms with Gasteiger partial charge in [-0.05, 0) is 45.1 Å². The monoisotopic (exact) mass is 449 g/mol. The van der Waals surface area contributed by atoms with Crippen LogP contribution in [0.3, 0.4) is 0 Å². The molecule has 6 heteroatoms. The van der Waals surface area contributed by atoms with Crippen molar-refractivity contribution in [2.75, 3.05) is 31.1 Å². The van der Waals surface area contributed by atoms with Gasteiger partial charge >= 0.3 is 6.03 Å². The Morgan fingerprint density at radius 1 is 0.970 bits per heavy atom. The lowest BCUT2D eigenvalue weighted by Crippen LogP contribution is -2.46. The molecule has 1 saturated carbocycles. The third-order valence-corrected chi connectivity index (χ3v) is 7.03. The Bertz CT molecular complexity index is 936. The lowest BCUT2D eigenvalue weighted by Gasteiger charge is -2.28. The number of carbonyl (C=O) groups excluding carboxylic acids is 1. The van der Waals surface area contributed by atoms with Gasteiger partial charge in [-0.2, -0.15) is 0 Å². The summed E-state index contributed by atoms with van der Waals surface area (Å²) in [5.41, 5.74) is 4.92. The van der Waals surface area contributed by atoms with Crippen LogP contribution in [0.4, 0.5) is 10.6 Å². The fourth-order valence-corrected chi connectivity index (χ4v) is 5.13. The van der Waals surface area contributed by atoms with Gasteiger partial charge in [0.15, 0.2) is 0 Å². The van der Waals surface area contributed by atoms with Gasteiger partial charge in [0.05, 0.1) is 0 Å². The highest BCUT2D eigenvalue weighted by atomic mass is 16.2. The summed E-state index contributed by atoms with van der Waals surface area (Å²) in [6, 6.07) is 9.21. The quantitative estimate of drug-likeness (QED) is 0.712. The minimum absolute atomic E-state index is 0.108. The molecule has 1 saturated heterocycles. The van der Waals surface area contributed by atoms with Gasteiger partial charge in [-0.25, -0.2) is 14.8 Å². The lowest BCUT2D eigenvalue weighted by atomic mass is 9.96. The first kappa shape index (κ1) is 23.5. The highest BCUT2D eigenvalue weighted by molar-refractivity contribution is 5.74. The first-order chi connectivity index (χ1) is 16.0. The molecule has 1 aromatic heterocycles. The standard InChI is InChI=1S/C27H39N5O/c1-4-25-24(19-22-13-11-20(2)12-14-22)26(29-21(3)28-25)31-15-8-16-32(18-17-31)27(33)30-23-9-6-5-7-10-23/h11-14,23H,4-10,15-19H2,1-3H3,(H,30,33). The molecule has 1 aliphatic carbocycles. The molecule has 4 rings (SSSR count). The maximum absolute atomic E-state index is 12.9. The minimum Gasteiger partial charge on any atom is -0.354 e. The first-order valence-corrected chi connectivity index (χ1v) is 12.8. The van der Waals surface area contributed by atoms with Gasteiger partial charge in [0.25, 0.3) is 0 Å². The van der Waals surface area contributed by atoms with Gasteiger partial charge in [-0.3, -0.25) is 0 Å². The molecular weight excluding hydrogens is 410 g/mol. The SMILES string of the molecule is CCc1nc(C)nc(N2CCCN(C(=O)NC3CCCCC3)CC2)c1Cc1ccc(C)cc1. The molecular formula is C27H39N5O. The van der Waals surface area contributed by atoms with Gasteiger partial charge < -0.3 is 15.1 Å². The largest absolute Gasteiger partial charge is 0.354 e. The van der Waals surface area contributed by atoms with E-state index in [0.717, 1.165) is 75.6 Å². The molecule has 0 unspecified atom stereocenters. The van der Waals surface area contributed by atoms with E-state index in [9.17, 15) is 4.79 Å². The van der Waals surface area contributed by atoms with Crippen LogP contribution in [0.1, 0.15) is 73.7 Å². The predicted octanol–water partition coefficient (Wildman–Crippen LogP) is 4.80. The second-order valence-corrected chi connectivity index (χ2v) is 9.65. The van der Waals surface area contributed by atoms with Gasteiger partial charge in [0.2, 0.25) is 0 Å². The number of aromatic nitrogens is 2. The summed E-state index contributed by atoms with van der Waals surface area (Å²) >= 11 is 0. The van der Waals surface area contributed by atoms with Crippen molar-refractivity contribution < 1.29 is 4.79 Å². The third-order valence-electron chi connectivity index (χ3n) is 7.03. The highest BCUT2D eigenvalue weighted by Crippen LogP contribution is 2.26. The topological polar surface area (TPSA) is 61.4 Å². The van der Waals surface area contributed by atoms with E-state index in [1.165, 1.54) is 36.0 Å². The molecule has 33 heavy (non-hydrogen) atoms. The Morgan fingerprint density at radius 3 is 2.45 bits per heavy atom. The van der Waals surface area contributed by atoms with Crippen molar-refractivity contribution in [3.8, 4) is 0 Å². The predicted molar refractivity (Wildman–Crippen MR) is 134 cm³/mol. The van der Waals surface area contributed by atoms with E-state index in [-0.39, 0.29) is 6.03 Å². The van der Waals surface area contributed by atoms with E-state index in [1.807, 2.05) is 11.8 Å². The third kappa shape index (κ3) is 6.04. The van der Waals surface area contributed by atoms with Crippen LogP contribution in [0.5, 0.6) is 0 Å². The molecule has 1 aromatic carbocycles. The van der Waals surface area contributed by atoms with Crippen molar-refractivity contribution in [2.24, 2.45) is 0 Å². The van der Waals surface area contributed by atoms with Crippen LogP contribution in [0.2, 0.25) is 0 Å². The van der Waals surface area contributed by atoms with Crippen molar-refractivity contribution in [1.29, 1.82) is 0 Å². The summed E-state index contributed by atoms with van der Waals surface area (Å²) in [6.45, 7) is 9.52. The minimum atomic E-state index is 0.108. The van der Waals surface area contributed by atoms with E-state index in [4.69, 9.17) is 9.97 Å². The molecule has 0 atom stereocenters. The molecule has 2 fully saturated rings. The van der Waals surface area contributed by atoms with Crippen LogP contribution in [-0.4, -0.2) is 53.1 Å². The number of hydrogen-bond donors (Lipinski definition) is 1. The maximum atomic E-state index is 12.9. The number of aryl methyl sites for hydroxylation is 3. The molecule has 1 aliphatic heterocycles. The summed E-state index contributed by atoms with van der Waals surface area (Å²) in [6.07, 6.45) is 8.68. The van der Waals surface area contributed by atoms with Crippen molar-refractivity contribution >= 4 is 11.8 Å². The van der Waals surface area contributed by atoms with Crippen LogP contribution < -0.4 is 10.2 Å². The fourth-order valence-electron chi connectivity index (χ4n) is 5.13. The van der Waals surface area contributed by atoms with E-state index >= 15 is 0 Å². The van der Waals surface area contributed by atoms with Gasteiger partial charge in [0.1, 0.15) is 11.6 Å². The van der Waals surface area contributed by atoms with E-state index in [1.54, 1.807) is 0 Å². The van der Waals surface area contributed by atoms with E-state index in [2.05, 4.69) is 48.3 Å². The number of anilines is 1. The summed E-state index contributed by atoms with van der Waals surface area (Å²) in [7, 11) is 0. The molecule has 2 heterocycles. The zero-order valence-corrected chi connectivity index (χ0v) is 20.6. The zero-order chi connectivity index (χ0) is 23.2. The lowest BCUT2D eigenvalue weighted by molar-refractivity contribution is 0.193. The number of carbonyl (C=O) groups is 1. The Labute approximate surface area is 198 Å². The van der Waals surface area contributed by atoms with Crippen LogP contribution >= 0.6 is 0 Å². The van der Waals surface area contributed by atoms with E-state index in [0.29, 0.717) is 6.04 Å². The van der Waals surface area contributed by atoms with Gasteiger partial charge in [-0.1, -0.05) is 56.0 Å². The average molecular weight is 450 g/mol. The van der Waals surface area contributed by atoms with Gasteiger partial charge in [-0.15, -0.1) is 0 Å². The zero-order valence-electron chi connectivity index (χ0n) is 20.6. The Morgan fingerprint density at radius 2 is 1.73 bits per heavy atom. The van der Waals surface area contributed by atoms with Crippen LogP contribution in [-0.2, 0) is 12.8 Å². The second kappa shape index (κ2) is 11.0. The van der Waals surface area contributed by atoms with Crippen molar-refractivity contribution in [1.82, 2.24) is 20.2 Å². The summed E-state index contributed by atoms with van der Waals surface area (Å²) in [5, 5.41) is 3.29. The molecule has 2 amide bonds. The molecule has 0 radical (unpaired) electrons. The summed E-state index contributed by atoms with van der Waals surface area (Å²) in [5.74, 6) is 1.88. The molecule has 178 valence electrons. The maximum Gasteiger partial charge on any atom is 0.317 e. The summed E-state index contributed by atoms with van der Waals surface area (Å²) in [4.78, 5) is 27.0. The number of nitrogens with one attached hydrogen (secondary N) is 1. The number of amides is 2. The van der Waals surface area contributed by atoms with Crippen LogP contribution in [0, 0.1) is 13.8 Å². The first-order valence-electron chi connectivity index (χ1n) is 12.8. The highest BCUT2D eigenvalue weighted by Gasteiger charge is 2.25. The second-order valence-electron chi connectivity index (χ2n) is 9.65. The molecule has 0 spiro atoms. The molecule has 1 N–H and O–H groups in total. The Balaban J connectivity index is 1.50. The molecule has 2 aromatic rings. The number of benzene rings is 1. The Kier molecular flexibility index (Phi) is 7.84. The van der Waals surface area contributed by atoms with Crippen molar-refractivity contribution in [3.05, 3.63) is 52.5 Å².